The minimum atomic E-state index is -0.872. The van der Waals surface area contributed by atoms with Crippen LogP contribution in [-0.2, 0) is 4.79 Å². The first-order valence-corrected chi connectivity index (χ1v) is 17.4. The number of carboxylic acids is 1. The molecule has 0 heterocycles. The van der Waals surface area contributed by atoms with Crippen molar-refractivity contribution in [3.8, 4) is 5.75 Å². The summed E-state index contributed by atoms with van der Waals surface area (Å²) in [5, 5.41) is 12.8. The van der Waals surface area contributed by atoms with Gasteiger partial charge in [-0.15, -0.1) is 0 Å². The molecule has 0 aromatic heterocycles. The summed E-state index contributed by atoms with van der Waals surface area (Å²) in [6.07, 6.45) is 14.2. The number of methoxy groups -OCH3 is 1. The second-order valence-corrected chi connectivity index (χ2v) is 16.3. The monoisotopic (exact) mass is 609 g/mol. The average Bonchev–Trinajstić information content (AvgIpc) is 3.47. The van der Waals surface area contributed by atoms with Gasteiger partial charge in [0.2, 0.25) is 5.91 Å². The van der Waals surface area contributed by atoms with Crippen LogP contribution in [-0.4, -0.2) is 24.1 Å². The van der Waals surface area contributed by atoms with Crippen molar-refractivity contribution in [3.05, 3.63) is 65.7 Å². The molecule has 0 spiro atoms. The van der Waals surface area contributed by atoms with Crippen molar-refractivity contribution >= 4 is 23.1 Å². The zero-order chi connectivity index (χ0) is 31.8. The van der Waals surface area contributed by atoms with Gasteiger partial charge in [-0.2, -0.15) is 0 Å². The van der Waals surface area contributed by atoms with Crippen LogP contribution in [0, 0.1) is 51.2 Å². The number of allylic oxidation sites excluding steroid dienone is 2. The fourth-order valence-electron chi connectivity index (χ4n) is 12.4. The summed E-state index contributed by atoms with van der Waals surface area (Å²) in [6, 6.07) is 15.3. The molecule has 8 atom stereocenters. The Morgan fingerprint density at radius 2 is 1.53 bits per heavy atom. The van der Waals surface area contributed by atoms with Gasteiger partial charge < -0.3 is 15.2 Å². The van der Waals surface area contributed by atoms with Crippen molar-refractivity contribution in [1.82, 2.24) is 0 Å². The second-order valence-electron chi connectivity index (χ2n) is 16.3. The highest BCUT2D eigenvalue weighted by molar-refractivity contribution is 5.96. The minimum absolute atomic E-state index is 0.0165. The normalized spacial score (nSPS) is 38.1. The van der Waals surface area contributed by atoms with Crippen molar-refractivity contribution in [2.45, 2.75) is 91.9 Å². The number of hydrogen-bond donors (Lipinski definition) is 2. The molecule has 4 saturated carbocycles. The Kier molecular flexibility index (Phi) is 7.30. The van der Waals surface area contributed by atoms with Gasteiger partial charge in [-0.1, -0.05) is 52.3 Å². The van der Waals surface area contributed by atoms with Crippen LogP contribution < -0.4 is 10.1 Å². The third-order valence-electron chi connectivity index (χ3n) is 14.3. The van der Waals surface area contributed by atoms with Crippen LogP contribution in [0.3, 0.4) is 0 Å². The van der Waals surface area contributed by atoms with Crippen molar-refractivity contribution in [1.29, 1.82) is 0 Å². The first-order valence-electron chi connectivity index (χ1n) is 17.4. The lowest BCUT2D eigenvalue weighted by Crippen LogP contribution is -2.61. The summed E-state index contributed by atoms with van der Waals surface area (Å²) in [6.45, 7) is 10.1. The van der Waals surface area contributed by atoms with Crippen LogP contribution in [0.2, 0.25) is 0 Å². The van der Waals surface area contributed by atoms with Crippen LogP contribution in [0.25, 0.3) is 5.57 Å². The molecule has 0 bridgehead atoms. The van der Waals surface area contributed by atoms with Gasteiger partial charge in [0.15, 0.2) is 0 Å². The van der Waals surface area contributed by atoms with E-state index in [1.54, 1.807) is 19.2 Å². The molecule has 45 heavy (non-hydrogen) atoms. The lowest BCUT2D eigenvalue weighted by atomic mass is 9.36. The molecule has 0 radical (unpaired) electrons. The van der Waals surface area contributed by atoms with Gasteiger partial charge in [-0.25, -0.2) is 4.79 Å². The molecular weight excluding hydrogens is 558 g/mol. The first-order chi connectivity index (χ1) is 21.4. The highest BCUT2D eigenvalue weighted by atomic mass is 16.5. The minimum Gasteiger partial charge on any atom is -0.497 e. The number of nitrogens with one attached hydrogen (secondary N) is 1. The third kappa shape index (κ3) is 4.53. The summed E-state index contributed by atoms with van der Waals surface area (Å²) in [5.41, 5.74) is 4.10. The number of carboxylic acid groups (broad SMARTS) is 1. The van der Waals surface area contributed by atoms with Crippen LogP contribution in [0.1, 0.15) is 108 Å². The Morgan fingerprint density at radius 3 is 2.22 bits per heavy atom. The van der Waals surface area contributed by atoms with E-state index in [-0.39, 0.29) is 22.2 Å². The lowest BCUT2D eigenvalue weighted by Gasteiger charge is -2.68. The predicted molar refractivity (Wildman–Crippen MR) is 179 cm³/mol. The summed E-state index contributed by atoms with van der Waals surface area (Å²) in [5.74, 6) is 3.27. The van der Waals surface area contributed by atoms with Crippen LogP contribution in [0.5, 0.6) is 5.75 Å². The van der Waals surface area contributed by atoms with Gasteiger partial charge in [0.1, 0.15) is 5.75 Å². The smallest absolute Gasteiger partial charge is 0.335 e. The molecule has 4 fully saturated rings. The summed E-state index contributed by atoms with van der Waals surface area (Å²) in [4.78, 5) is 25.6. The highest BCUT2D eigenvalue weighted by Gasteiger charge is 2.66. The second kappa shape index (κ2) is 10.7. The zero-order valence-electron chi connectivity index (χ0n) is 27.8. The van der Waals surface area contributed by atoms with Gasteiger partial charge in [0.05, 0.1) is 18.1 Å². The molecule has 0 saturated heterocycles. The van der Waals surface area contributed by atoms with E-state index in [1.165, 1.54) is 56.1 Å². The molecule has 1 amide bonds. The van der Waals surface area contributed by atoms with E-state index in [0.29, 0.717) is 40.6 Å². The Bertz CT molecular complexity index is 1510. The Morgan fingerprint density at radius 1 is 0.800 bits per heavy atom. The maximum absolute atomic E-state index is 14.1. The Hall–Kier alpha value is -3.08. The van der Waals surface area contributed by atoms with Crippen molar-refractivity contribution < 1.29 is 19.4 Å². The number of aromatic carboxylic acids is 1. The van der Waals surface area contributed by atoms with Crippen LogP contribution in [0.4, 0.5) is 5.69 Å². The molecule has 5 aliphatic rings. The molecular formula is C40H51NO4. The van der Waals surface area contributed by atoms with Gasteiger partial charge in [-0.05, 0) is 151 Å². The standard InChI is InChI=1S/C40H51NO4/c1-37(2)30(25-8-10-26(11-9-25)35(42)43)18-22-39(4)33(37)20-23-38(3)31-19-24-40(21-6-7-32(40)29(31)16-17-34(38)39)36(44)41-27-12-14-28(45-5)15-13-27/h8-15,18,29,31-34H,6-7,16-17,19-24H2,1-5H3,(H,41,44)(H,42,43)/t29-,31?,32?,33?,34?,38-,39-,40-/m0/s1. The van der Waals surface area contributed by atoms with E-state index in [9.17, 15) is 14.7 Å². The van der Waals surface area contributed by atoms with E-state index >= 15 is 0 Å². The number of benzene rings is 2. The molecule has 2 aromatic rings. The lowest BCUT2D eigenvalue weighted by molar-refractivity contribution is -0.180. The van der Waals surface area contributed by atoms with Crippen LogP contribution >= 0.6 is 0 Å². The fourth-order valence-corrected chi connectivity index (χ4v) is 12.4. The number of amides is 1. The maximum atomic E-state index is 14.1. The van der Waals surface area contributed by atoms with Gasteiger partial charge in [0.25, 0.3) is 0 Å². The zero-order valence-corrected chi connectivity index (χ0v) is 27.8. The number of carbonyl (C=O) groups excluding carboxylic acids is 1. The highest BCUT2D eigenvalue weighted by Crippen LogP contribution is 2.73. The summed E-state index contributed by atoms with van der Waals surface area (Å²) >= 11 is 0. The quantitative estimate of drug-likeness (QED) is 0.354. The van der Waals surface area contributed by atoms with Crippen molar-refractivity contribution in [3.63, 3.8) is 0 Å². The Labute approximate surface area is 269 Å². The predicted octanol–water partition coefficient (Wildman–Crippen LogP) is 9.49. The number of anilines is 1. The number of ether oxygens (including phenoxy) is 1. The molecule has 5 aliphatic carbocycles. The van der Waals surface area contributed by atoms with E-state index in [4.69, 9.17) is 4.74 Å². The van der Waals surface area contributed by atoms with Crippen molar-refractivity contribution in [2.24, 2.45) is 51.2 Å². The average molecular weight is 610 g/mol. The maximum Gasteiger partial charge on any atom is 0.335 e. The van der Waals surface area contributed by atoms with Gasteiger partial charge >= 0.3 is 5.97 Å². The molecule has 5 heteroatoms. The fraction of sp³-hybridized carbons (Fsp3) is 0.600. The van der Waals surface area contributed by atoms with Gasteiger partial charge in [0, 0.05) is 5.69 Å². The molecule has 4 unspecified atom stereocenters. The molecule has 2 aromatic carbocycles. The Balaban J connectivity index is 1.14. The molecule has 0 aliphatic heterocycles. The SMILES string of the molecule is COc1ccc(NC(=O)[C@]23CCCC2[C@H]2CCC4[C@@](C)(CCC5C(C)(C)C(c6ccc(C(=O)O)cc6)=CC[C@@]54C)C2CC3)cc1. The number of carbonyl (C=O) groups is 2. The van der Waals surface area contributed by atoms with Crippen molar-refractivity contribution in [2.75, 3.05) is 12.4 Å². The van der Waals surface area contributed by atoms with E-state index in [1.807, 2.05) is 36.4 Å². The van der Waals surface area contributed by atoms with Crippen LogP contribution in [0.15, 0.2) is 54.6 Å². The van der Waals surface area contributed by atoms with E-state index < -0.39 is 5.97 Å². The number of rotatable bonds is 5. The number of hydrogen-bond acceptors (Lipinski definition) is 3. The third-order valence-corrected chi connectivity index (χ3v) is 14.3. The largest absolute Gasteiger partial charge is 0.497 e. The summed E-state index contributed by atoms with van der Waals surface area (Å²) in [7, 11) is 1.67. The molecule has 7 rings (SSSR count). The van der Waals surface area contributed by atoms with Gasteiger partial charge in [-0.3, -0.25) is 4.79 Å². The van der Waals surface area contributed by atoms with E-state index in [0.717, 1.165) is 30.7 Å². The number of fused-ring (bicyclic) bond motifs is 7. The molecule has 240 valence electrons. The first kappa shape index (κ1) is 30.6. The molecule has 5 nitrogen and oxygen atoms in total. The summed E-state index contributed by atoms with van der Waals surface area (Å²) < 4.78 is 5.32. The van der Waals surface area contributed by atoms with E-state index in [2.05, 4.69) is 39.1 Å². The topological polar surface area (TPSA) is 75.6 Å². The molecule has 2 N–H and O–H groups in total.